The molecule has 0 spiro atoms. The van der Waals surface area contributed by atoms with Gasteiger partial charge in [0, 0.05) is 30.7 Å². The molecule has 0 bridgehead atoms. The molecule has 27 heavy (non-hydrogen) atoms. The fourth-order valence-corrected chi connectivity index (χ4v) is 3.29. The second-order valence-electron chi connectivity index (χ2n) is 6.34. The molecular weight excluding hydrogens is 352 g/mol. The average Bonchev–Trinajstić information content (AvgIpc) is 3.21. The van der Waals surface area contributed by atoms with Crippen molar-refractivity contribution in [3.05, 3.63) is 78.1 Å². The molecule has 5 nitrogen and oxygen atoms in total. The van der Waals surface area contributed by atoms with Gasteiger partial charge < -0.3 is 9.64 Å². The Morgan fingerprint density at radius 1 is 1.19 bits per heavy atom. The molecule has 1 aliphatic heterocycles. The maximum atomic E-state index is 13.7. The normalized spacial score (nSPS) is 16.1. The van der Waals surface area contributed by atoms with E-state index >= 15 is 0 Å². The lowest BCUT2D eigenvalue weighted by Gasteiger charge is -2.34. The minimum absolute atomic E-state index is 0.00130. The fourth-order valence-electron chi connectivity index (χ4n) is 3.29. The summed E-state index contributed by atoms with van der Waals surface area (Å²) in [7, 11) is 0. The summed E-state index contributed by atoms with van der Waals surface area (Å²) in [6.07, 6.45) is 4.33. The highest BCUT2D eigenvalue weighted by atomic mass is 19.1. The van der Waals surface area contributed by atoms with Crippen molar-refractivity contribution in [1.29, 1.82) is 0 Å². The maximum Gasteiger partial charge on any atom is 0.264 e. The van der Waals surface area contributed by atoms with Crippen molar-refractivity contribution in [3.8, 4) is 5.75 Å². The third-order valence-corrected chi connectivity index (χ3v) is 4.58. The molecular formula is C20H17F2N3O2. The van der Waals surface area contributed by atoms with Crippen molar-refractivity contribution in [2.24, 2.45) is 0 Å². The number of ether oxygens (including phenoxy) is 1. The van der Waals surface area contributed by atoms with Crippen LogP contribution in [0.5, 0.6) is 5.75 Å². The third kappa shape index (κ3) is 3.53. The van der Waals surface area contributed by atoms with Gasteiger partial charge in [0.25, 0.3) is 5.91 Å². The molecule has 1 amide bonds. The SMILES string of the molecule is O=C(COc1ccc(F)cc1F)N1C[C@@H](n2cccn2)Cc2ccccc21. The van der Waals surface area contributed by atoms with Crippen LogP contribution in [0.4, 0.5) is 14.5 Å². The smallest absolute Gasteiger partial charge is 0.264 e. The van der Waals surface area contributed by atoms with Gasteiger partial charge >= 0.3 is 0 Å². The van der Waals surface area contributed by atoms with Gasteiger partial charge in [0.15, 0.2) is 18.2 Å². The van der Waals surface area contributed by atoms with Gasteiger partial charge in [0.05, 0.1) is 6.04 Å². The van der Waals surface area contributed by atoms with Crippen molar-refractivity contribution in [3.63, 3.8) is 0 Å². The van der Waals surface area contributed by atoms with E-state index in [1.54, 1.807) is 11.1 Å². The van der Waals surface area contributed by atoms with Crippen LogP contribution in [0, 0.1) is 11.6 Å². The van der Waals surface area contributed by atoms with Crippen molar-refractivity contribution >= 4 is 11.6 Å². The third-order valence-electron chi connectivity index (χ3n) is 4.58. The Kier molecular flexibility index (Phi) is 4.58. The molecule has 2 heterocycles. The van der Waals surface area contributed by atoms with Crippen molar-refractivity contribution in [2.45, 2.75) is 12.5 Å². The highest BCUT2D eigenvalue weighted by Crippen LogP contribution is 2.31. The lowest BCUT2D eigenvalue weighted by molar-refractivity contribution is -0.120. The van der Waals surface area contributed by atoms with E-state index in [9.17, 15) is 13.6 Å². The summed E-state index contributed by atoms with van der Waals surface area (Å²) in [6.45, 7) is 0.0928. The Morgan fingerprint density at radius 3 is 2.81 bits per heavy atom. The molecule has 0 aliphatic carbocycles. The van der Waals surface area contributed by atoms with E-state index < -0.39 is 11.6 Å². The molecule has 0 fully saturated rings. The Morgan fingerprint density at radius 2 is 2.04 bits per heavy atom. The van der Waals surface area contributed by atoms with Crippen LogP contribution in [-0.4, -0.2) is 28.8 Å². The largest absolute Gasteiger partial charge is 0.481 e. The monoisotopic (exact) mass is 369 g/mol. The number of nitrogens with zero attached hydrogens (tertiary/aromatic N) is 3. The summed E-state index contributed by atoms with van der Waals surface area (Å²) >= 11 is 0. The average molecular weight is 369 g/mol. The molecule has 0 saturated heterocycles. The minimum atomic E-state index is -0.837. The summed E-state index contributed by atoms with van der Waals surface area (Å²) in [6, 6.07) is 12.5. The number of fused-ring (bicyclic) bond motifs is 1. The quantitative estimate of drug-likeness (QED) is 0.708. The van der Waals surface area contributed by atoms with Gasteiger partial charge in [-0.2, -0.15) is 5.10 Å². The van der Waals surface area contributed by atoms with E-state index in [0.29, 0.717) is 6.54 Å². The number of amides is 1. The van der Waals surface area contributed by atoms with Crippen LogP contribution < -0.4 is 9.64 Å². The first-order valence-electron chi connectivity index (χ1n) is 8.57. The molecule has 3 aromatic rings. The predicted molar refractivity (Wildman–Crippen MR) is 95.6 cm³/mol. The topological polar surface area (TPSA) is 47.4 Å². The van der Waals surface area contributed by atoms with Crippen LogP contribution >= 0.6 is 0 Å². The van der Waals surface area contributed by atoms with Crippen LogP contribution in [-0.2, 0) is 11.2 Å². The number of hydrogen-bond acceptors (Lipinski definition) is 3. The van der Waals surface area contributed by atoms with Crippen molar-refractivity contribution in [2.75, 3.05) is 18.1 Å². The Balaban J connectivity index is 1.54. The van der Waals surface area contributed by atoms with E-state index in [4.69, 9.17) is 4.74 Å². The molecule has 1 aromatic heterocycles. The van der Waals surface area contributed by atoms with Crippen LogP contribution in [0.3, 0.4) is 0 Å². The molecule has 1 atom stereocenters. The molecule has 0 saturated carbocycles. The van der Waals surface area contributed by atoms with Crippen LogP contribution in [0.25, 0.3) is 0 Å². The van der Waals surface area contributed by atoms with E-state index in [1.807, 2.05) is 41.2 Å². The number of halogens is 2. The second kappa shape index (κ2) is 7.19. The maximum absolute atomic E-state index is 13.7. The van der Waals surface area contributed by atoms with Crippen molar-refractivity contribution < 1.29 is 18.3 Å². The van der Waals surface area contributed by atoms with Gasteiger partial charge in [-0.15, -0.1) is 0 Å². The molecule has 2 aromatic carbocycles. The Labute approximate surface area is 154 Å². The van der Waals surface area contributed by atoms with Crippen molar-refractivity contribution in [1.82, 2.24) is 9.78 Å². The minimum Gasteiger partial charge on any atom is -0.481 e. The highest BCUT2D eigenvalue weighted by molar-refractivity contribution is 5.95. The molecule has 1 aliphatic rings. The second-order valence-corrected chi connectivity index (χ2v) is 6.34. The number of carbonyl (C=O) groups is 1. The number of rotatable bonds is 4. The molecule has 7 heteroatoms. The van der Waals surface area contributed by atoms with Gasteiger partial charge in [-0.25, -0.2) is 8.78 Å². The number of benzene rings is 2. The summed E-state index contributed by atoms with van der Waals surface area (Å²) in [4.78, 5) is 14.4. The molecule has 0 N–H and O–H groups in total. The first kappa shape index (κ1) is 17.2. The zero-order valence-electron chi connectivity index (χ0n) is 14.4. The molecule has 138 valence electrons. The first-order chi connectivity index (χ1) is 13.1. The van der Waals surface area contributed by atoms with Crippen LogP contribution in [0.15, 0.2) is 60.9 Å². The zero-order valence-corrected chi connectivity index (χ0v) is 14.4. The van der Waals surface area contributed by atoms with E-state index in [1.165, 1.54) is 6.07 Å². The van der Waals surface area contributed by atoms with E-state index in [0.717, 1.165) is 29.8 Å². The van der Waals surface area contributed by atoms with E-state index in [-0.39, 0.29) is 24.3 Å². The fraction of sp³-hybridized carbons (Fsp3) is 0.200. The number of anilines is 1. The van der Waals surface area contributed by atoms with Gasteiger partial charge in [0.1, 0.15) is 5.82 Å². The Hall–Kier alpha value is -3.22. The molecule has 4 rings (SSSR count). The van der Waals surface area contributed by atoms with Gasteiger partial charge in [-0.05, 0) is 36.2 Å². The highest BCUT2D eigenvalue weighted by Gasteiger charge is 2.29. The van der Waals surface area contributed by atoms with Crippen LogP contribution in [0.2, 0.25) is 0 Å². The number of hydrogen-bond donors (Lipinski definition) is 0. The summed E-state index contributed by atoms with van der Waals surface area (Å²) in [5, 5.41) is 4.28. The zero-order chi connectivity index (χ0) is 18.8. The van der Waals surface area contributed by atoms with E-state index in [2.05, 4.69) is 5.10 Å². The predicted octanol–water partition coefficient (Wildman–Crippen LogP) is 3.37. The summed E-state index contributed by atoms with van der Waals surface area (Å²) < 4.78 is 33.9. The summed E-state index contributed by atoms with van der Waals surface area (Å²) in [5.41, 5.74) is 1.85. The lowest BCUT2D eigenvalue weighted by Crippen LogP contribution is -2.43. The van der Waals surface area contributed by atoms with Gasteiger partial charge in [-0.1, -0.05) is 18.2 Å². The number of carbonyl (C=O) groups excluding carboxylic acids is 1. The van der Waals surface area contributed by atoms with Gasteiger partial charge in [-0.3, -0.25) is 9.48 Å². The number of para-hydroxylation sites is 1. The van der Waals surface area contributed by atoms with Crippen LogP contribution in [0.1, 0.15) is 11.6 Å². The summed E-state index contributed by atoms with van der Waals surface area (Å²) in [5.74, 6) is -1.99. The molecule has 0 radical (unpaired) electrons. The Bertz CT molecular complexity index is 960. The molecule has 0 unspecified atom stereocenters. The standard InChI is InChI=1S/C20H17F2N3O2/c21-15-6-7-19(17(22)11-15)27-13-20(26)24-12-16(25-9-3-8-23-25)10-14-4-1-2-5-18(14)24/h1-9,11,16H,10,12-13H2/t16-/m0/s1. The lowest BCUT2D eigenvalue weighted by atomic mass is 9.98. The van der Waals surface area contributed by atoms with Gasteiger partial charge in [0.2, 0.25) is 0 Å². The number of aromatic nitrogens is 2. The first-order valence-corrected chi connectivity index (χ1v) is 8.57.